The first-order valence-corrected chi connectivity index (χ1v) is 10.1. The second kappa shape index (κ2) is 10.1. The van der Waals surface area contributed by atoms with Gasteiger partial charge in [-0.05, 0) is 45.7 Å². The lowest BCUT2D eigenvalue weighted by molar-refractivity contribution is 0.0474. The summed E-state index contributed by atoms with van der Waals surface area (Å²) in [5.41, 5.74) is 1.32. The monoisotopic (exact) mass is 414 g/mol. The van der Waals surface area contributed by atoms with Gasteiger partial charge in [-0.3, -0.25) is 4.99 Å². The molecule has 0 atom stereocenters. The first-order valence-electron chi connectivity index (χ1n) is 10.1. The molecule has 3 N–H and O–H groups in total. The van der Waals surface area contributed by atoms with Crippen LogP contribution in [-0.4, -0.2) is 46.3 Å². The van der Waals surface area contributed by atoms with Crippen molar-refractivity contribution in [3.8, 4) is 0 Å². The largest absolute Gasteiger partial charge is 0.444 e. The van der Waals surface area contributed by atoms with Crippen molar-refractivity contribution in [3.05, 3.63) is 54.1 Å². The Balaban J connectivity index is 1.84. The van der Waals surface area contributed by atoms with Crippen LogP contribution in [0, 0.1) is 0 Å². The van der Waals surface area contributed by atoms with Crippen molar-refractivity contribution < 1.29 is 9.53 Å². The lowest BCUT2D eigenvalue weighted by atomic mass is 10.1. The van der Waals surface area contributed by atoms with Gasteiger partial charge in [0.2, 0.25) is 0 Å². The average Bonchev–Trinajstić information content (AvgIpc) is 3.13. The van der Waals surface area contributed by atoms with Crippen LogP contribution in [0.25, 0.3) is 0 Å². The summed E-state index contributed by atoms with van der Waals surface area (Å²) in [6.45, 7) is 11.3. The van der Waals surface area contributed by atoms with Crippen molar-refractivity contribution in [1.82, 2.24) is 25.5 Å². The van der Waals surface area contributed by atoms with Crippen LogP contribution in [0.4, 0.5) is 4.79 Å². The molecule has 0 aliphatic carbocycles. The van der Waals surface area contributed by atoms with Crippen molar-refractivity contribution >= 4 is 12.1 Å². The van der Waals surface area contributed by atoms with Crippen LogP contribution < -0.4 is 16.0 Å². The zero-order valence-corrected chi connectivity index (χ0v) is 18.8. The predicted octanol–water partition coefficient (Wildman–Crippen LogP) is 2.90. The van der Waals surface area contributed by atoms with Gasteiger partial charge < -0.3 is 25.3 Å². The molecule has 0 spiro atoms. The smallest absolute Gasteiger partial charge is 0.408 e. The number of aliphatic imine (C=N–C) groups is 1. The molecular formula is C22H34N6O2. The third-order valence-corrected chi connectivity index (χ3v) is 4.14. The second-order valence-electron chi connectivity index (χ2n) is 8.85. The molecule has 0 aliphatic heterocycles. The summed E-state index contributed by atoms with van der Waals surface area (Å²) in [5.74, 6) is 0.661. The first-order chi connectivity index (χ1) is 14.1. The Morgan fingerprint density at radius 1 is 1.17 bits per heavy atom. The third kappa shape index (κ3) is 8.55. The third-order valence-electron chi connectivity index (χ3n) is 4.14. The Bertz CT molecular complexity index is 838. The SMILES string of the molecule is CN=C(NCc1cccc(Cn2ccnc2)c1)NCC(C)(C)NC(=O)OC(C)(C)C. The summed E-state index contributed by atoms with van der Waals surface area (Å²) in [7, 11) is 1.72. The molecule has 164 valence electrons. The maximum atomic E-state index is 12.0. The van der Waals surface area contributed by atoms with Crippen molar-refractivity contribution in [1.29, 1.82) is 0 Å². The van der Waals surface area contributed by atoms with Gasteiger partial charge in [0, 0.05) is 39.1 Å². The van der Waals surface area contributed by atoms with Gasteiger partial charge in [-0.25, -0.2) is 9.78 Å². The fraction of sp³-hybridized carbons (Fsp3) is 0.500. The first kappa shape index (κ1) is 23.3. The highest BCUT2D eigenvalue weighted by Gasteiger charge is 2.24. The van der Waals surface area contributed by atoms with Crippen molar-refractivity contribution in [2.24, 2.45) is 4.99 Å². The number of imidazole rings is 1. The van der Waals surface area contributed by atoms with Gasteiger partial charge in [-0.15, -0.1) is 0 Å². The minimum Gasteiger partial charge on any atom is -0.444 e. The lowest BCUT2D eigenvalue weighted by Crippen LogP contribution is -2.54. The van der Waals surface area contributed by atoms with Gasteiger partial charge in [0.05, 0.1) is 11.9 Å². The molecule has 0 bridgehead atoms. The minimum atomic E-state index is -0.530. The summed E-state index contributed by atoms with van der Waals surface area (Å²) >= 11 is 0. The maximum Gasteiger partial charge on any atom is 0.408 e. The number of aromatic nitrogens is 2. The minimum absolute atomic E-state index is 0.438. The topological polar surface area (TPSA) is 92.6 Å². The van der Waals surface area contributed by atoms with E-state index in [1.807, 2.05) is 57.8 Å². The highest BCUT2D eigenvalue weighted by Crippen LogP contribution is 2.09. The Morgan fingerprint density at radius 2 is 1.90 bits per heavy atom. The van der Waals surface area contributed by atoms with Crippen LogP contribution in [0.15, 0.2) is 48.0 Å². The molecule has 1 aromatic heterocycles. The number of guanidine groups is 1. The summed E-state index contributed by atoms with van der Waals surface area (Å²) in [5, 5.41) is 9.45. The molecule has 0 saturated carbocycles. The number of alkyl carbamates (subject to hydrolysis) is 1. The van der Waals surface area contributed by atoms with E-state index in [4.69, 9.17) is 4.74 Å². The van der Waals surface area contributed by atoms with E-state index in [0.29, 0.717) is 19.0 Å². The number of carbonyl (C=O) groups excluding carboxylic acids is 1. The summed E-state index contributed by atoms with van der Waals surface area (Å²) in [6, 6.07) is 8.38. The number of amides is 1. The molecule has 8 heteroatoms. The Hall–Kier alpha value is -3.03. The molecule has 1 amide bonds. The number of ether oxygens (including phenoxy) is 1. The molecule has 8 nitrogen and oxygen atoms in total. The predicted molar refractivity (Wildman–Crippen MR) is 119 cm³/mol. The normalized spacial score (nSPS) is 12.4. The quantitative estimate of drug-likeness (QED) is 0.479. The molecular weight excluding hydrogens is 380 g/mol. The summed E-state index contributed by atoms with van der Waals surface area (Å²) < 4.78 is 7.37. The van der Waals surface area contributed by atoms with Crippen molar-refractivity contribution in [2.75, 3.05) is 13.6 Å². The molecule has 0 unspecified atom stereocenters. The second-order valence-corrected chi connectivity index (χ2v) is 8.85. The van der Waals surface area contributed by atoms with Crippen LogP contribution in [0.3, 0.4) is 0 Å². The number of benzene rings is 1. The Morgan fingerprint density at radius 3 is 2.53 bits per heavy atom. The maximum absolute atomic E-state index is 12.0. The van der Waals surface area contributed by atoms with Crippen LogP contribution in [0.5, 0.6) is 0 Å². The van der Waals surface area contributed by atoms with E-state index in [1.54, 1.807) is 13.2 Å². The molecule has 30 heavy (non-hydrogen) atoms. The highest BCUT2D eigenvalue weighted by atomic mass is 16.6. The molecule has 2 aromatic rings. The van der Waals surface area contributed by atoms with E-state index in [0.717, 1.165) is 12.1 Å². The van der Waals surface area contributed by atoms with E-state index in [1.165, 1.54) is 5.56 Å². The zero-order chi connectivity index (χ0) is 22.2. The summed E-state index contributed by atoms with van der Waals surface area (Å²) in [4.78, 5) is 20.4. The molecule has 1 heterocycles. The van der Waals surface area contributed by atoms with Gasteiger partial charge in [0.25, 0.3) is 0 Å². The number of nitrogens with one attached hydrogen (secondary N) is 3. The molecule has 0 saturated heterocycles. The molecule has 0 fully saturated rings. The Kier molecular flexibility index (Phi) is 7.86. The molecule has 2 rings (SSSR count). The highest BCUT2D eigenvalue weighted by molar-refractivity contribution is 5.79. The van der Waals surface area contributed by atoms with E-state index in [9.17, 15) is 4.79 Å². The molecule has 0 aliphatic rings. The Labute approximate surface area is 179 Å². The van der Waals surface area contributed by atoms with Crippen LogP contribution >= 0.6 is 0 Å². The number of hydrogen-bond donors (Lipinski definition) is 3. The van der Waals surface area contributed by atoms with Crippen LogP contribution in [0.1, 0.15) is 45.7 Å². The fourth-order valence-electron chi connectivity index (χ4n) is 2.76. The van der Waals surface area contributed by atoms with Crippen LogP contribution in [-0.2, 0) is 17.8 Å². The number of rotatable bonds is 7. The van der Waals surface area contributed by atoms with Gasteiger partial charge >= 0.3 is 6.09 Å². The lowest BCUT2D eigenvalue weighted by Gasteiger charge is -2.29. The number of hydrogen-bond acceptors (Lipinski definition) is 4. The van der Waals surface area contributed by atoms with Gasteiger partial charge in [-0.2, -0.15) is 0 Å². The van der Waals surface area contributed by atoms with Crippen molar-refractivity contribution in [3.63, 3.8) is 0 Å². The van der Waals surface area contributed by atoms with Gasteiger partial charge in [-0.1, -0.05) is 24.3 Å². The molecule has 0 radical (unpaired) electrons. The fourth-order valence-corrected chi connectivity index (χ4v) is 2.76. The van der Waals surface area contributed by atoms with E-state index in [2.05, 4.69) is 44.1 Å². The molecule has 1 aromatic carbocycles. The zero-order valence-electron chi connectivity index (χ0n) is 18.8. The number of nitrogens with zero attached hydrogens (tertiary/aromatic N) is 3. The van der Waals surface area contributed by atoms with E-state index < -0.39 is 17.2 Å². The van der Waals surface area contributed by atoms with Gasteiger partial charge in [0.15, 0.2) is 5.96 Å². The number of carbonyl (C=O) groups is 1. The van der Waals surface area contributed by atoms with Crippen LogP contribution in [0.2, 0.25) is 0 Å². The standard InChI is InChI=1S/C22H34N6O2/c1-21(2,3)30-20(29)27-22(4,5)15-26-19(23-6)25-13-17-8-7-9-18(12-17)14-28-11-10-24-16-28/h7-12,16H,13-15H2,1-6H3,(H,27,29)(H2,23,25,26). The van der Waals surface area contributed by atoms with Crippen molar-refractivity contribution in [2.45, 2.75) is 58.8 Å². The van der Waals surface area contributed by atoms with E-state index >= 15 is 0 Å². The van der Waals surface area contributed by atoms with Gasteiger partial charge in [0.1, 0.15) is 5.60 Å². The summed E-state index contributed by atoms with van der Waals surface area (Å²) in [6.07, 6.45) is 5.10. The average molecular weight is 415 g/mol. The van der Waals surface area contributed by atoms with E-state index in [-0.39, 0.29) is 0 Å².